The Morgan fingerprint density at radius 1 is 1.30 bits per heavy atom. The van der Waals surface area contributed by atoms with E-state index in [1.165, 1.54) is 6.07 Å². The van der Waals surface area contributed by atoms with Crippen LogP contribution >= 0.6 is 15.9 Å². The minimum absolute atomic E-state index is 0.0787. The van der Waals surface area contributed by atoms with E-state index in [2.05, 4.69) is 21.2 Å². The summed E-state index contributed by atoms with van der Waals surface area (Å²) in [6.07, 6.45) is 1.64. The Kier molecular flexibility index (Phi) is 4.39. The van der Waals surface area contributed by atoms with Crippen LogP contribution in [0.15, 0.2) is 45.8 Å². The molecule has 1 amide bonds. The van der Waals surface area contributed by atoms with Gasteiger partial charge in [-0.05, 0) is 43.7 Å². The van der Waals surface area contributed by atoms with Crippen molar-refractivity contribution in [2.45, 2.75) is 20.4 Å². The van der Waals surface area contributed by atoms with E-state index < -0.39 is 0 Å². The van der Waals surface area contributed by atoms with Crippen molar-refractivity contribution in [2.24, 2.45) is 0 Å². The average molecular weight is 335 g/mol. The summed E-state index contributed by atoms with van der Waals surface area (Å²) >= 11 is 3.40. The highest BCUT2D eigenvalue weighted by atomic mass is 79.9. The molecule has 1 aromatic carbocycles. The topological polar surface area (TPSA) is 51.1 Å². The van der Waals surface area contributed by atoms with Gasteiger partial charge in [-0.15, -0.1) is 0 Å². The first kappa shape index (κ1) is 14.5. The summed E-state index contributed by atoms with van der Waals surface area (Å²) < 4.78 is 2.51. The highest BCUT2D eigenvalue weighted by Gasteiger charge is 2.08. The van der Waals surface area contributed by atoms with E-state index in [-0.39, 0.29) is 11.5 Å². The Morgan fingerprint density at radius 2 is 2.05 bits per heavy atom. The first-order chi connectivity index (χ1) is 9.51. The Bertz CT molecular complexity index is 707. The number of aromatic nitrogens is 1. The predicted octanol–water partition coefficient (Wildman–Crippen LogP) is 3.19. The summed E-state index contributed by atoms with van der Waals surface area (Å²) in [7, 11) is 0. The lowest BCUT2D eigenvalue weighted by Gasteiger charge is -2.08. The number of nitrogens with one attached hydrogen (secondary N) is 1. The summed E-state index contributed by atoms with van der Waals surface area (Å²) in [6, 6.07) is 8.47. The van der Waals surface area contributed by atoms with E-state index in [9.17, 15) is 9.59 Å². The molecule has 0 aliphatic heterocycles. The maximum Gasteiger partial charge on any atom is 0.255 e. The van der Waals surface area contributed by atoms with Crippen molar-refractivity contribution < 1.29 is 4.79 Å². The molecule has 0 radical (unpaired) electrons. The number of benzene rings is 1. The van der Waals surface area contributed by atoms with Crippen LogP contribution in [-0.2, 0) is 6.54 Å². The molecule has 0 saturated heterocycles. The highest BCUT2D eigenvalue weighted by Crippen LogP contribution is 2.18. The number of carbonyl (C=O) groups excluding carboxylic acids is 1. The van der Waals surface area contributed by atoms with E-state index in [0.29, 0.717) is 17.8 Å². The molecule has 1 aromatic heterocycles. The normalized spacial score (nSPS) is 10.3. The first-order valence-electron chi connectivity index (χ1n) is 6.29. The molecule has 0 saturated carbocycles. The summed E-state index contributed by atoms with van der Waals surface area (Å²) in [5.74, 6) is -0.193. The monoisotopic (exact) mass is 334 g/mol. The first-order valence-corrected chi connectivity index (χ1v) is 7.08. The molecule has 104 valence electrons. The fourth-order valence-electron chi connectivity index (χ4n) is 1.84. The second kappa shape index (κ2) is 6.05. The molecule has 0 spiro atoms. The largest absolute Gasteiger partial charge is 0.321 e. The van der Waals surface area contributed by atoms with Crippen molar-refractivity contribution in [3.63, 3.8) is 0 Å². The zero-order valence-corrected chi connectivity index (χ0v) is 12.9. The van der Waals surface area contributed by atoms with Gasteiger partial charge in [0.2, 0.25) is 0 Å². The van der Waals surface area contributed by atoms with Gasteiger partial charge in [0.1, 0.15) is 0 Å². The number of carbonyl (C=O) groups is 1. The van der Waals surface area contributed by atoms with Gasteiger partial charge in [-0.3, -0.25) is 9.59 Å². The van der Waals surface area contributed by atoms with Crippen LogP contribution in [0.5, 0.6) is 0 Å². The zero-order chi connectivity index (χ0) is 14.7. The Labute approximate surface area is 125 Å². The van der Waals surface area contributed by atoms with Crippen molar-refractivity contribution in [1.82, 2.24) is 4.57 Å². The highest BCUT2D eigenvalue weighted by molar-refractivity contribution is 9.10. The number of anilines is 1. The zero-order valence-electron chi connectivity index (χ0n) is 11.3. The number of hydrogen-bond acceptors (Lipinski definition) is 2. The van der Waals surface area contributed by atoms with E-state index in [1.807, 2.05) is 26.0 Å². The van der Waals surface area contributed by atoms with Gasteiger partial charge in [-0.2, -0.15) is 0 Å². The van der Waals surface area contributed by atoms with Gasteiger partial charge in [0.05, 0.1) is 5.69 Å². The summed E-state index contributed by atoms with van der Waals surface area (Å²) in [5.41, 5.74) is 2.11. The molecule has 0 fully saturated rings. The summed E-state index contributed by atoms with van der Waals surface area (Å²) in [4.78, 5) is 23.6. The van der Waals surface area contributed by atoms with Crippen LogP contribution in [0.25, 0.3) is 0 Å². The quantitative estimate of drug-likeness (QED) is 0.937. The van der Waals surface area contributed by atoms with Gasteiger partial charge in [0, 0.05) is 28.8 Å². The molecule has 0 aliphatic rings. The third-order valence-electron chi connectivity index (χ3n) is 3.00. The molecule has 0 aliphatic carbocycles. The molecule has 5 heteroatoms. The summed E-state index contributed by atoms with van der Waals surface area (Å²) in [6.45, 7) is 4.38. The molecule has 0 unspecified atom stereocenters. The lowest BCUT2D eigenvalue weighted by Crippen LogP contribution is -2.19. The van der Waals surface area contributed by atoms with E-state index in [0.717, 1.165) is 10.0 Å². The van der Waals surface area contributed by atoms with E-state index >= 15 is 0 Å². The number of nitrogens with zero attached hydrogens (tertiary/aromatic N) is 1. The molecule has 1 heterocycles. The second-order valence-corrected chi connectivity index (χ2v) is 5.31. The van der Waals surface area contributed by atoms with Crippen molar-refractivity contribution in [2.75, 3.05) is 5.32 Å². The average Bonchev–Trinajstić information content (AvgIpc) is 2.43. The fraction of sp³-hybridized carbons (Fsp3) is 0.200. The molecular formula is C15H15BrN2O2. The van der Waals surface area contributed by atoms with Crippen molar-refractivity contribution >= 4 is 27.5 Å². The van der Waals surface area contributed by atoms with Crippen LogP contribution < -0.4 is 10.9 Å². The van der Waals surface area contributed by atoms with Gasteiger partial charge >= 0.3 is 0 Å². The van der Waals surface area contributed by atoms with Crippen LogP contribution in [0.2, 0.25) is 0 Å². The standard InChI is InChI=1S/C15H15BrN2O2/c1-3-18-9-12(5-7-14(18)19)17-15(20)11-4-6-13(16)10(2)8-11/h4-9H,3H2,1-2H3,(H,17,20). The third-order valence-corrected chi connectivity index (χ3v) is 3.89. The molecule has 2 aromatic rings. The maximum absolute atomic E-state index is 12.1. The van der Waals surface area contributed by atoms with Gasteiger partial charge in [-0.1, -0.05) is 15.9 Å². The molecule has 4 nitrogen and oxygen atoms in total. The molecule has 20 heavy (non-hydrogen) atoms. The molecule has 2 rings (SSSR count). The van der Waals surface area contributed by atoms with Crippen LogP contribution in [0, 0.1) is 6.92 Å². The van der Waals surface area contributed by atoms with Crippen LogP contribution in [0.3, 0.4) is 0 Å². The number of aryl methyl sites for hydroxylation is 2. The minimum Gasteiger partial charge on any atom is -0.321 e. The van der Waals surface area contributed by atoms with Crippen molar-refractivity contribution in [3.8, 4) is 0 Å². The number of halogens is 1. The number of pyridine rings is 1. The third kappa shape index (κ3) is 3.17. The lowest BCUT2D eigenvalue weighted by atomic mass is 10.1. The Balaban J connectivity index is 2.23. The molecule has 1 N–H and O–H groups in total. The SMILES string of the molecule is CCn1cc(NC(=O)c2ccc(Br)c(C)c2)ccc1=O. The summed E-state index contributed by atoms with van der Waals surface area (Å²) in [5, 5.41) is 2.79. The molecular weight excluding hydrogens is 320 g/mol. The van der Waals surface area contributed by atoms with E-state index in [4.69, 9.17) is 0 Å². The predicted molar refractivity (Wildman–Crippen MR) is 83.2 cm³/mol. The van der Waals surface area contributed by atoms with Gasteiger partial charge in [-0.25, -0.2) is 0 Å². The second-order valence-electron chi connectivity index (χ2n) is 4.46. The lowest BCUT2D eigenvalue weighted by molar-refractivity contribution is 0.102. The van der Waals surface area contributed by atoms with Gasteiger partial charge in [0.15, 0.2) is 0 Å². The van der Waals surface area contributed by atoms with Gasteiger partial charge < -0.3 is 9.88 Å². The number of rotatable bonds is 3. The van der Waals surface area contributed by atoms with Crippen molar-refractivity contribution in [3.05, 3.63) is 62.5 Å². The number of amides is 1. The van der Waals surface area contributed by atoms with Crippen LogP contribution in [-0.4, -0.2) is 10.5 Å². The molecule has 0 bridgehead atoms. The Morgan fingerprint density at radius 3 is 2.70 bits per heavy atom. The number of hydrogen-bond donors (Lipinski definition) is 1. The smallest absolute Gasteiger partial charge is 0.255 e. The Hall–Kier alpha value is -1.88. The van der Waals surface area contributed by atoms with E-state index in [1.54, 1.807) is 22.9 Å². The fourth-order valence-corrected chi connectivity index (χ4v) is 2.09. The molecule has 0 atom stereocenters. The van der Waals surface area contributed by atoms with Crippen LogP contribution in [0.1, 0.15) is 22.8 Å². The van der Waals surface area contributed by atoms with Crippen LogP contribution in [0.4, 0.5) is 5.69 Å². The van der Waals surface area contributed by atoms with Gasteiger partial charge in [0.25, 0.3) is 11.5 Å². The minimum atomic E-state index is -0.193. The maximum atomic E-state index is 12.1. The van der Waals surface area contributed by atoms with Crippen molar-refractivity contribution in [1.29, 1.82) is 0 Å².